The second kappa shape index (κ2) is 8.22. The fourth-order valence-corrected chi connectivity index (χ4v) is 5.08. The number of hydrogen-bond acceptors (Lipinski definition) is 5. The molecule has 0 saturated carbocycles. The number of nitrogens with zero attached hydrogens (tertiary/aromatic N) is 5. The Morgan fingerprint density at radius 2 is 2.03 bits per heavy atom. The predicted octanol–water partition coefficient (Wildman–Crippen LogP) is 3.48. The van der Waals surface area contributed by atoms with E-state index in [0.717, 1.165) is 29.0 Å². The molecule has 0 radical (unpaired) electrons. The summed E-state index contributed by atoms with van der Waals surface area (Å²) >= 11 is 7.41. The molecular weight excluding hydrogens is 400 g/mol. The molecule has 2 atom stereocenters. The lowest BCUT2D eigenvalue weighted by atomic mass is 9.97. The van der Waals surface area contributed by atoms with E-state index in [1.807, 2.05) is 29.9 Å². The highest BCUT2D eigenvalue weighted by Gasteiger charge is 2.41. The molecule has 1 saturated heterocycles. The van der Waals surface area contributed by atoms with Gasteiger partial charge in [-0.2, -0.15) is 0 Å². The van der Waals surface area contributed by atoms with Crippen LogP contribution in [-0.2, 0) is 0 Å². The van der Waals surface area contributed by atoms with Crippen molar-refractivity contribution in [1.29, 1.82) is 0 Å². The molecule has 3 aromatic rings. The topological polar surface area (TPSA) is 49.2 Å². The van der Waals surface area contributed by atoms with Gasteiger partial charge in [0, 0.05) is 42.3 Å². The molecule has 1 aliphatic rings. The number of aromatic nitrogens is 3. The van der Waals surface area contributed by atoms with E-state index in [1.165, 1.54) is 17.0 Å². The summed E-state index contributed by atoms with van der Waals surface area (Å²) in [4.78, 5) is 13.7. The van der Waals surface area contributed by atoms with Gasteiger partial charge in [-0.15, -0.1) is 11.3 Å². The summed E-state index contributed by atoms with van der Waals surface area (Å²) in [6.45, 7) is 6.09. The average molecular weight is 427 g/mol. The van der Waals surface area contributed by atoms with E-state index < -0.39 is 0 Å². The lowest BCUT2D eigenvalue weighted by Gasteiger charge is -2.29. The molecule has 4 heterocycles. The largest absolute Gasteiger partial charge is 0.352 e. The average Bonchev–Trinajstić information content (AvgIpc) is 3.39. The minimum Gasteiger partial charge on any atom is -0.352 e. The zero-order chi connectivity index (χ0) is 20.5. The quantitative estimate of drug-likeness (QED) is 0.609. The number of rotatable bonds is 6. The first kappa shape index (κ1) is 20.0. The van der Waals surface area contributed by atoms with Crippen LogP contribution < -0.4 is 5.32 Å². The highest BCUT2D eigenvalue weighted by atomic mass is 32.1. The van der Waals surface area contributed by atoms with Crippen molar-refractivity contribution in [2.75, 3.05) is 27.2 Å². The van der Waals surface area contributed by atoms with Crippen LogP contribution in [0.5, 0.6) is 0 Å². The van der Waals surface area contributed by atoms with E-state index in [9.17, 15) is 0 Å². The number of nitrogens with one attached hydrogen (secondary N) is 1. The Labute approximate surface area is 181 Å². The highest BCUT2D eigenvalue weighted by Crippen LogP contribution is 2.41. The van der Waals surface area contributed by atoms with Crippen molar-refractivity contribution in [3.05, 3.63) is 64.7 Å². The molecule has 1 aliphatic heterocycles. The first-order valence-electron chi connectivity index (χ1n) is 9.69. The van der Waals surface area contributed by atoms with Gasteiger partial charge in [-0.05, 0) is 63.9 Å². The zero-order valence-corrected chi connectivity index (χ0v) is 18.8. The van der Waals surface area contributed by atoms with E-state index in [-0.39, 0.29) is 12.1 Å². The van der Waals surface area contributed by atoms with Crippen molar-refractivity contribution >= 4 is 28.7 Å². The summed E-state index contributed by atoms with van der Waals surface area (Å²) in [5.41, 5.74) is 4.65. The van der Waals surface area contributed by atoms with E-state index in [0.29, 0.717) is 0 Å². The molecule has 0 unspecified atom stereocenters. The van der Waals surface area contributed by atoms with Crippen LogP contribution in [0.25, 0.3) is 5.13 Å². The third-order valence-electron chi connectivity index (χ3n) is 5.39. The standard InChI is InChI=1S/C21H26N6S2/c1-14-13-16(15(2)27(14)21-23-9-12-29-21)19-18(17-7-5-6-8-22-17)24-20(28)26(19)11-10-25(3)4/h5-9,12-13,18-19H,10-11H2,1-4H3,(H,24,28)/t18-,19-/m0/s1. The van der Waals surface area contributed by atoms with Gasteiger partial charge < -0.3 is 15.1 Å². The Balaban J connectivity index is 1.79. The maximum atomic E-state index is 5.76. The van der Waals surface area contributed by atoms with Gasteiger partial charge in [-0.3, -0.25) is 9.55 Å². The fraction of sp³-hybridized carbons (Fsp3) is 0.381. The fourth-order valence-electron chi connectivity index (χ4n) is 4.00. The third kappa shape index (κ3) is 3.80. The van der Waals surface area contributed by atoms with Crippen molar-refractivity contribution in [3.8, 4) is 5.13 Å². The minimum atomic E-state index is 0.0103. The van der Waals surface area contributed by atoms with E-state index in [2.05, 4.69) is 69.7 Å². The van der Waals surface area contributed by atoms with Gasteiger partial charge in [-0.25, -0.2) is 4.98 Å². The van der Waals surface area contributed by atoms with Crippen molar-refractivity contribution in [2.45, 2.75) is 25.9 Å². The molecule has 1 fully saturated rings. The highest BCUT2D eigenvalue weighted by molar-refractivity contribution is 7.80. The van der Waals surface area contributed by atoms with Gasteiger partial charge in [0.25, 0.3) is 0 Å². The van der Waals surface area contributed by atoms with Crippen molar-refractivity contribution in [1.82, 2.24) is 29.7 Å². The Morgan fingerprint density at radius 1 is 1.21 bits per heavy atom. The van der Waals surface area contributed by atoms with Crippen LogP contribution in [0, 0.1) is 13.8 Å². The summed E-state index contributed by atoms with van der Waals surface area (Å²) in [7, 11) is 4.18. The monoisotopic (exact) mass is 426 g/mol. The first-order valence-corrected chi connectivity index (χ1v) is 11.0. The molecule has 1 N–H and O–H groups in total. The number of likely N-dealkylation sites (N-methyl/N-ethyl adjacent to an activating group) is 1. The molecule has 29 heavy (non-hydrogen) atoms. The third-order valence-corrected chi connectivity index (χ3v) is 6.49. The molecule has 0 aromatic carbocycles. The van der Waals surface area contributed by atoms with Crippen LogP contribution in [0.3, 0.4) is 0 Å². The smallest absolute Gasteiger partial charge is 0.193 e. The first-order chi connectivity index (χ1) is 14.0. The molecule has 0 bridgehead atoms. The van der Waals surface area contributed by atoms with Crippen molar-refractivity contribution in [3.63, 3.8) is 0 Å². The van der Waals surface area contributed by atoms with Gasteiger partial charge in [-0.1, -0.05) is 6.07 Å². The summed E-state index contributed by atoms with van der Waals surface area (Å²) in [6.07, 6.45) is 3.70. The number of thiazole rings is 1. The molecule has 0 spiro atoms. The lowest BCUT2D eigenvalue weighted by Crippen LogP contribution is -2.35. The van der Waals surface area contributed by atoms with Crippen LogP contribution in [0.4, 0.5) is 0 Å². The number of pyridine rings is 1. The van der Waals surface area contributed by atoms with Gasteiger partial charge in [0.2, 0.25) is 0 Å². The van der Waals surface area contributed by atoms with Crippen molar-refractivity contribution < 1.29 is 0 Å². The van der Waals surface area contributed by atoms with Gasteiger partial charge in [0.15, 0.2) is 10.2 Å². The lowest BCUT2D eigenvalue weighted by molar-refractivity contribution is 0.277. The van der Waals surface area contributed by atoms with Crippen molar-refractivity contribution in [2.24, 2.45) is 0 Å². The van der Waals surface area contributed by atoms with E-state index in [4.69, 9.17) is 12.2 Å². The maximum absolute atomic E-state index is 5.76. The second-order valence-corrected chi connectivity index (χ2v) is 8.86. The normalized spacial score (nSPS) is 19.2. The molecule has 152 valence electrons. The summed E-state index contributed by atoms with van der Waals surface area (Å²) in [5, 5.41) is 7.33. The molecule has 6 nitrogen and oxygen atoms in total. The molecular formula is C21H26N6S2. The second-order valence-electron chi connectivity index (χ2n) is 7.60. The van der Waals surface area contributed by atoms with E-state index >= 15 is 0 Å². The van der Waals surface area contributed by atoms with Crippen LogP contribution in [0.2, 0.25) is 0 Å². The predicted molar refractivity (Wildman–Crippen MR) is 122 cm³/mol. The molecule has 4 rings (SSSR count). The number of thiocarbonyl (C=S) groups is 1. The van der Waals surface area contributed by atoms with Gasteiger partial charge in [0.1, 0.15) is 0 Å². The SMILES string of the molecule is Cc1cc([C@H]2[C@H](c3ccccn3)NC(=S)N2CCN(C)C)c(C)n1-c1nccs1. The maximum Gasteiger partial charge on any atom is 0.193 e. The number of aryl methyl sites for hydroxylation is 1. The Morgan fingerprint density at radius 3 is 2.69 bits per heavy atom. The van der Waals surface area contributed by atoms with Gasteiger partial charge >= 0.3 is 0 Å². The Kier molecular flexibility index (Phi) is 5.67. The Bertz CT molecular complexity index is 980. The number of hydrogen-bond donors (Lipinski definition) is 1. The molecule has 0 aliphatic carbocycles. The summed E-state index contributed by atoms with van der Waals surface area (Å²) in [6, 6.07) is 8.42. The Hall–Kier alpha value is -2.29. The molecule has 8 heteroatoms. The minimum absolute atomic E-state index is 0.0103. The zero-order valence-electron chi connectivity index (χ0n) is 17.2. The summed E-state index contributed by atoms with van der Waals surface area (Å²) < 4.78 is 2.24. The summed E-state index contributed by atoms with van der Waals surface area (Å²) in [5.74, 6) is 0. The van der Waals surface area contributed by atoms with Gasteiger partial charge in [0.05, 0.1) is 17.8 Å². The van der Waals surface area contributed by atoms with Crippen LogP contribution in [-0.4, -0.2) is 56.6 Å². The van der Waals surface area contributed by atoms with Crippen LogP contribution >= 0.6 is 23.6 Å². The van der Waals surface area contributed by atoms with Crippen LogP contribution in [0.15, 0.2) is 42.0 Å². The van der Waals surface area contributed by atoms with E-state index in [1.54, 1.807) is 11.3 Å². The van der Waals surface area contributed by atoms with Crippen LogP contribution in [0.1, 0.15) is 34.7 Å². The molecule has 0 amide bonds. The molecule has 3 aromatic heterocycles.